The predicted octanol–water partition coefficient (Wildman–Crippen LogP) is 2.45. The third-order valence-corrected chi connectivity index (χ3v) is 5.40. The molecule has 21 heavy (non-hydrogen) atoms. The molecule has 112 valence electrons. The monoisotopic (exact) mass is 288 g/mol. The number of rotatable bonds is 2. The fourth-order valence-corrected chi connectivity index (χ4v) is 4.48. The lowest BCUT2D eigenvalue weighted by Gasteiger charge is -2.44. The van der Waals surface area contributed by atoms with Gasteiger partial charge in [0.05, 0.1) is 20.3 Å². The fraction of sp³-hybridized carbons (Fsp3) is 0.588. The number of hydrogen-bond donors (Lipinski definition) is 0. The van der Waals surface area contributed by atoms with Gasteiger partial charge in [-0.2, -0.15) is 0 Å². The quantitative estimate of drug-likeness (QED) is 0.784. The van der Waals surface area contributed by atoms with Crippen LogP contribution < -0.4 is 4.74 Å². The number of fused-ring (bicyclic) bond motifs is 3. The molecule has 1 aromatic rings. The molecule has 4 rings (SSSR count). The van der Waals surface area contributed by atoms with Gasteiger partial charge >= 0.3 is 0 Å². The van der Waals surface area contributed by atoms with Crippen LogP contribution in [0.5, 0.6) is 5.75 Å². The number of aldehydes is 1. The van der Waals surface area contributed by atoms with Gasteiger partial charge in [0.25, 0.3) is 0 Å². The molecule has 0 radical (unpaired) electrons. The maximum Gasteiger partial charge on any atom is 0.169 e. The summed E-state index contributed by atoms with van der Waals surface area (Å²) in [5, 5.41) is 0. The average molecular weight is 288 g/mol. The molecule has 1 spiro atoms. The molecule has 1 aliphatic heterocycles. The zero-order valence-electron chi connectivity index (χ0n) is 12.3. The summed E-state index contributed by atoms with van der Waals surface area (Å²) >= 11 is 0. The zero-order valence-corrected chi connectivity index (χ0v) is 12.3. The highest BCUT2D eigenvalue weighted by Crippen LogP contribution is 2.58. The van der Waals surface area contributed by atoms with Gasteiger partial charge in [-0.1, -0.05) is 6.07 Å². The summed E-state index contributed by atoms with van der Waals surface area (Å²) in [7, 11) is 1.68. The Morgan fingerprint density at radius 1 is 1.33 bits per heavy atom. The first-order valence-electron chi connectivity index (χ1n) is 7.61. The summed E-state index contributed by atoms with van der Waals surface area (Å²) < 4.78 is 17.0. The number of hydrogen-bond acceptors (Lipinski definition) is 4. The van der Waals surface area contributed by atoms with Crippen LogP contribution in [0.25, 0.3) is 0 Å². The Kier molecular flexibility index (Phi) is 2.88. The van der Waals surface area contributed by atoms with Crippen molar-refractivity contribution in [1.82, 2.24) is 0 Å². The second kappa shape index (κ2) is 4.55. The highest BCUT2D eigenvalue weighted by molar-refractivity contribution is 5.67. The van der Waals surface area contributed by atoms with Gasteiger partial charge in [-0.25, -0.2) is 0 Å². The van der Waals surface area contributed by atoms with Crippen LogP contribution in [0, 0.1) is 5.41 Å². The standard InChI is InChI=1S/C17H20O4/c1-19-13-2-3-14-12(8-13)9-16(11-18)10-17(5-4-15(14)16)20-6-7-21-17/h2-3,8,11,15H,4-7,9-10H2,1H3/t15-,16-/m0/s1. The van der Waals surface area contributed by atoms with E-state index in [2.05, 4.69) is 12.1 Å². The highest BCUT2D eigenvalue weighted by Gasteiger charge is 2.56. The van der Waals surface area contributed by atoms with Crippen LogP contribution in [0.3, 0.4) is 0 Å². The van der Waals surface area contributed by atoms with Crippen LogP contribution in [-0.4, -0.2) is 32.4 Å². The van der Waals surface area contributed by atoms with Gasteiger partial charge in [0.1, 0.15) is 12.0 Å². The summed E-state index contributed by atoms with van der Waals surface area (Å²) in [5.74, 6) is 0.620. The topological polar surface area (TPSA) is 44.8 Å². The molecule has 2 atom stereocenters. The Morgan fingerprint density at radius 2 is 2.14 bits per heavy atom. The van der Waals surface area contributed by atoms with Gasteiger partial charge < -0.3 is 19.0 Å². The second-order valence-electron chi connectivity index (χ2n) is 6.47. The van der Waals surface area contributed by atoms with Crippen LogP contribution in [0.15, 0.2) is 18.2 Å². The van der Waals surface area contributed by atoms with E-state index in [-0.39, 0.29) is 11.3 Å². The van der Waals surface area contributed by atoms with Gasteiger partial charge in [-0.15, -0.1) is 0 Å². The lowest BCUT2D eigenvalue weighted by molar-refractivity contribution is -0.202. The van der Waals surface area contributed by atoms with Crippen molar-refractivity contribution in [2.24, 2.45) is 5.41 Å². The maximum atomic E-state index is 12.0. The minimum Gasteiger partial charge on any atom is -0.497 e. The second-order valence-corrected chi connectivity index (χ2v) is 6.47. The Hall–Kier alpha value is -1.39. The summed E-state index contributed by atoms with van der Waals surface area (Å²) in [6.45, 7) is 1.28. The molecule has 0 amide bonds. The Morgan fingerprint density at radius 3 is 2.86 bits per heavy atom. The molecule has 0 aromatic heterocycles. The van der Waals surface area contributed by atoms with Crippen LogP contribution in [-0.2, 0) is 20.7 Å². The predicted molar refractivity (Wildman–Crippen MR) is 76.4 cm³/mol. The molecular formula is C17H20O4. The van der Waals surface area contributed by atoms with Crippen LogP contribution in [0.1, 0.15) is 36.3 Å². The van der Waals surface area contributed by atoms with Crippen molar-refractivity contribution in [2.75, 3.05) is 20.3 Å². The minimum absolute atomic E-state index is 0.286. The van der Waals surface area contributed by atoms with E-state index in [1.54, 1.807) is 7.11 Å². The van der Waals surface area contributed by atoms with Crippen LogP contribution >= 0.6 is 0 Å². The van der Waals surface area contributed by atoms with Gasteiger partial charge in [0, 0.05) is 18.3 Å². The van der Waals surface area contributed by atoms with Gasteiger partial charge in [-0.3, -0.25) is 0 Å². The number of carbonyl (C=O) groups is 1. The molecule has 4 heteroatoms. The smallest absolute Gasteiger partial charge is 0.169 e. The first kappa shape index (κ1) is 13.3. The van der Waals surface area contributed by atoms with E-state index in [9.17, 15) is 4.79 Å². The van der Waals surface area contributed by atoms with Crippen LogP contribution in [0.2, 0.25) is 0 Å². The molecular weight excluding hydrogens is 268 g/mol. The SMILES string of the molecule is COc1ccc2c(c1)C[C@@]1(C=O)CC3(CC[C@@H]21)OCCO3. The van der Waals surface area contributed by atoms with Crippen molar-refractivity contribution < 1.29 is 19.0 Å². The summed E-state index contributed by atoms with van der Waals surface area (Å²) in [6.07, 6.45) is 4.40. The highest BCUT2D eigenvalue weighted by atomic mass is 16.7. The van der Waals surface area contributed by atoms with E-state index < -0.39 is 5.79 Å². The van der Waals surface area contributed by atoms with E-state index in [4.69, 9.17) is 14.2 Å². The number of methoxy groups -OCH3 is 1. The Balaban J connectivity index is 1.72. The van der Waals surface area contributed by atoms with Crippen molar-refractivity contribution in [2.45, 2.75) is 37.4 Å². The maximum absolute atomic E-state index is 12.0. The first-order valence-corrected chi connectivity index (χ1v) is 7.61. The summed E-state index contributed by atoms with van der Waals surface area (Å²) in [5.41, 5.74) is 2.16. The van der Waals surface area contributed by atoms with E-state index >= 15 is 0 Å². The average Bonchev–Trinajstić information content (AvgIpc) is 3.08. The van der Waals surface area contributed by atoms with Crippen molar-refractivity contribution in [3.63, 3.8) is 0 Å². The molecule has 0 bridgehead atoms. The lowest BCUT2D eigenvalue weighted by Crippen LogP contribution is -2.46. The van der Waals surface area contributed by atoms with Crippen molar-refractivity contribution in [1.29, 1.82) is 0 Å². The van der Waals surface area contributed by atoms with Crippen LogP contribution in [0.4, 0.5) is 0 Å². The number of carbonyl (C=O) groups excluding carboxylic acids is 1. The van der Waals surface area contributed by atoms with E-state index in [0.29, 0.717) is 19.6 Å². The summed E-state index contributed by atoms with van der Waals surface area (Å²) in [6, 6.07) is 6.19. The molecule has 1 saturated heterocycles. The third kappa shape index (κ3) is 1.86. The van der Waals surface area contributed by atoms with E-state index in [1.807, 2.05) is 6.07 Å². The molecule has 1 aromatic carbocycles. The first-order chi connectivity index (χ1) is 10.2. The van der Waals surface area contributed by atoms with E-state index in [0.717, 1.165) is 31.3 Å². The molecule has 0 unspecified atom stereocenters. The fourth-order valence-electron chi connectivity index (χ4n) is 4.48. The van der Waals surface area contributed by atoms with Crippen molar-refractivity contribution >= 4 is 6.29 Å². The Labute approximate surface area is 124 Å². The van der Waals surface area contributed by atoms with Gasteiger partial charge in [0.15, 0.2) is 5.79 Å². The normalized spacial score (nSPS) is 32.7. The minimum atomic E-state index is -0.524. The molecule has 1 saturated carbocycles. The molecule has 2 fully saturated rings. The zero-order chi connectivity index (χ0) is 14.5. The van der Waals surface area contributed by atoms with Gasteiger partial charge in [-0.05, 0) is 42.0 Å². The van der Waals surface area contributed by atoms with Gasteiger partial charge in [0.2, 0.25) is 0 Å². The number of ether oxygens (including phenoxy) is 3. The molecule has 3 aliphatic rings. The largest absolute Gasteiger partial charge is 0.497 e. The summed E-state index contributed by atoms with van der Waals surface area (Å²) in [4.78, 5) is 12.0. The van der Waals surface area contributed by atoms with Crippen molar-refractivity contribution in [3.8, 4) is 5.75 Å². The molecule has 0 N–H and O–H groups in total. The van der Waals surface area contributed by atoms with E-state index in [1.165, 1.54) is 11.1 Å². The molecule has 2 aliphatic carbocycles. The number of benzene rings is 1. The van der Waals surface area contributed by atoms with Crippen molar-refractivity contribution in [3.05, 3.63) is 29.3 Å². The molecule has 1 heterocycles. The Bertz CT molecular complexity index is 576. The third-order valence-electron chi connectivity index (χ3n) is 5.40. The molecule has 4 nitrogen and oxygen atoms in total. The lowest BCUT2D eigenvalue weighted by atomic mass is 9.65.